The van der Waals surface area contributed by atoms with Crippen LogP contribution in [0.2, 0.25) is 0 Å². The summed E-state index contributed by atoms with van der Waals surface area (Å²) < 4.78 is 5.27. The molecule has 0 atom stereocenters. The van der Waals surface area contributed by atoms with Crippen molar-refractivity contribution in [2.24, 2.45) is 5.41 Å². The number of likely N-dealkylation sites (tertiary alicyclic amines) is 2. The van der Waals surface area contributed by atoms with Crippen LogP contribution in [-0.4, -0.2) is 62.3 Å². The first kappa shape index (κ1) is 10.1. The molecule has 0 saturated carbocycles. The summed E-state index contributed by atoms with van der Waals surface area (Å²) in [4.78, 5) is 5.15. The Kier molecular flexibility index (Phi) is 2.49. The van der Waals surface area contributed by atoms with Crippen molar-refractivity contribution in [3.05, 3.63) is 0 Å². The highest BCUT2D eigenvalue weighted by Gasteiger charge is 2.41. The van der Waals surface area contributed by atoms with Gasteiger partial charge in [0.15, 0.2) is 0 Å². The second kappa shape index (κ2) is 3.72. The fourth-order valence-electron chi connectivity index (χ4n) is 3.36. The van der Waals surface area contributed by atoms with Crippen LogP contribution in [0.1, 0.15) is 19.3 Å². The lowest BCUT2D eigenvalue weighted by Gasteiger charge is -2.45. The fraction of sp³-hybridized carbons (Fsp3) is 1.00. The lowest BCUT2D eigenvalue weighted by atomic mass is 9.77. The molecule has 0 amide bonds. The number of nitrogens with zero attached hydrogens (tertiary/aromatic N) is 2. The highest BCUT2D eigenvalue weighted by atomic mass is 16.5. The van der Waals surface area contributed by atoms with Gasteiger partial charge in [-0.1, -0.05) is 0 Å². The highest BCUT2D eigenvalue weighted by Crippen LogP contribution is 2.40. The lowest BCUT2D eigenvalue weighted by Crippen LogP contribution is -2.53. The van der Waals surface area contributed by atoms with E-state index in [1.54, 1.807) is 0 Å². The quantitative estimate of drug-likeness (QED) is 0.637. The zero-order chi connectivity index (χ0) is 10.3. The van der Waals surface area contributed by atoms with Crippen LogP contribution in [0.4, 0.5) is 0 Å². The maximum absolute atomic E-state index is 5.27. The molecule has 3 nitrogen and oxygen atoms in total. The van der Waals surface area contributed by atoms with Gasteiger partial charge in [0.2, 0.25) is 0 Å². The summed E-state index contributed by atoms with van der Waals surface area (Å²) in [6, 6.07) is 0.751. The second-order valence-corrected chi connectivity index (χ2v) is 5.72. The van der Waals surface area contributed by atoms with Gasteiger partial charge in [0.1, 0.15) is 0 Å². The van der Waals surface area contributed by atoms with Crippen LogP contribution in [0.15, 0.2) is 0 Å². The maximum Gasteiger partial charge on any atom is 0.0645 e. The van der Waals surface area contributed by atoms with Crippen molar-refractivity contribution in [1.82, 2.24) is 9.80 Å². The van der Waals surface area contributed by atoms with E-state index < -0.39 is 0 Å². The van der Waals surface area contributed by atoms with Gasteiger partial charge in [-0.15, -0.1) is 0 Å². The average molecular weight is 210 g/mol. The third-order valence-corrected chi connectivity index (χ3v) is 4.62. The van der Waals surface area contributed by atoms with E-state index in [9.17, 15) is 0 Å². The third kappa shape index (κ3) is 1.81. The summed E-state index contributed by atoms with van der Waals surface area (Å²) in [5, 5.41) is 0. The molecular weight excluding hydrogens is 188 g/mol. The van der Waals surface area contributed by atoms with Gasteiger partial charge in [-0.25, -0.2) is 0 Å². The molecule has 0 aromatic carbocycles. The van der Waals surface area contributed by atoms with Crippen LogP contribution in [0.25, 0.3) is 0 Å². The maximum atomic E-state index is 5.27. The number of piperidine rings is 1. The zero-order valence-electron chi connectivity index (χ0n) is 9.74. The summed E-state index contributed by atoms with van der Waals surface area (Å²) in [6.07, 6.45) is 4.25. The van der Waals surface area contributed by atoms with Crippen molar-refractivity contribution < 1.29 is 4.74 Å². The van der Waals surface area contributed by atoms with Gasteiger partial charge in [-0.3, -0.25) is 4.90 Å². The Morgan fingerprint density at radius 3 is 2.20 bits per heavy atom. The summed E-state index contributed by atoms with van der Waals surface area (Å²) in [5.74, 6) is 0. The molecule has 0 bridgehead atoms. The van der Waals surface area contributed by atoms with E-state index in [1.165, 1.54) is 45.4 Å². The Balaban J connectivity index is 1.55. The van der Waals surface area contributed by atoms with E-state index in [1.807, 2.05) is 0 Å². The molecule has 0 aromatic rings. The molecule has 3 saturated heterocycles. The minimum absolute atomic E-state index is 0.676. The number of ether oxygens (including phenoxy) is 1. The normalized spacial score (nSPS) is 33.4. The first-order valence-corrected chi connectivity index (χ1v) is 6.28. The Hall–Kier alpha value is -0.120. The van der Waals surface area contributed by atoms with Gasteiger partial charge in [0, 0.05) is 6.54 Å². The van der Waals surface area contributed by atoms with Gasteiger partial charge in [-0.05, 0) is 51.4 Å². The Morgan fingerprint density at radius 2 is 1.73 bits per heavy atom. The highest BCUT2D eigenvalue weighted by molar-refractivity contribution is 4.94. The van der Waals surface area contributed by atoms with E-state index >= 15 is 0 Å². The van der Waals surface area contributed by atoms with Crippen molar-refractivity contribution in [3.8, 4) is 0 Å². The van der Waals surface area contributed by atoms with Gasteiger partial charge in [-0.2, -0.15) is 0 Å². The molecule has 0 unspecified atom stereocenters. The minimum Gasteiger partial charge on any atom is -0.378 e. The van der Waals surface area contributed by atoms with Crippen LogP contribution in [-0.2, 0) is 4.74 Å². The molecular formula is C12H22N2O. The van der Waals surface area contributed by atoms with Crippen LogP contribution in [0.5, 0.6) is 0 Å². The molecule has 3 rings (SSSR count). The van der Waals surface area contributed by atoms with Crippen LogP contribution >= 0.6 is 0 Å². The van der Waals surface area contributed by atoms with E-state index in [0.29, 0.717) is 5.41 Å². The van der Waals surface area contributed by atoms with Crippen LogP contribution in [0, 0.1) is 5.41 Å². The topological polar surface area (TPSA) is 15.7 Å². The van der Waals surface area contributed by atoms with Gasteiger partial charge in [0.25, 0.3) is 0 Å². The first-order valence-electron chi connectivity index (χ1n) is 6.28. The summed E-state index contributed by atoms with van der Waals surface area (Å²) in [6.45, 7) is 7.22. The molecule has 3 heterocycles. The first-order chi connectivity index (χ1) is 7.27. The molecule has 15 heavy (non-hydrogen) atoms. The van der Waals surface area contributed by atoms with Gasteiger partial charge in [0.05, 0.1) is 19.3 Å². The van der Waals surface area contributed by atoms with E-state index in [0.717, 1.165) is 19.3 Å². The monoisotopic (exact) mass is 210 g/mol. The van der Waals surface area contributed by atoms with Crippen molar-refractivity contribution in [2.75, 3.05) is 46.4 Å². The SMILES string of the molecule is CN1CCC2(CCN(C3COC3)CC2)C1. The van der Waals surface area contributed by atoms with Gasteiger partial charge < -0.3 is 9.64 Å². The van der Waals surface area contributed by atoms with Crippen molar-refractivity contribution in [3.63, 3.8) is 0 Å². The van der Waals surface area contributed by atoms with Crippen LogP contribution in [0.3, 0.4) is 0 Å². The smallest absolute Gasteiger partial charge is 0.0645 e. The molecule has 3 aliphatic heterocycles. The minimum atomic E-state index is 0.676. The number of hydrogen-bond acceptors (Lipinski definition) is 3. The Morgan fingerprint density at radius 1 is 1.07 bits per heavy atom. The van der Waals surface area contributed by atoms with E-state index in [4.69, 9.17) is 4.74 Å². The summed E-state index contributed by atoms with van der Waals surface area (Å²) in [7, 11) is 2.26. The van der Waals surface area contributed by atoms with Gasteiger partial charge >= 0.3 is 0 Å². The Labute approximate surface area is 92.4 Å². The molecule has 1 spiro atoms. The molecule has 0 aromatic heterocycles. The van der Waals surface area contributed by atoms with Crippen molar-refractivity contribution >= 4 is 0 Å². The molecule has 3 aliphatic rings. The number of hydrogen-bond donors (Lipinski definition) is 0. The third-order valence-electron chi connectivity index (χ3n) is 4.62. The predicted molar refractivity (Wildman–Crippen MR) is 60.0 cm³/mol. The largest absolute Gasteiger partial charge is 0.378 e. The lowest BCUT2D eigenvalue weighted by molar-refractivity contribution is -0.0804. The van der Waals surface area contributed by atoms with Crippen LogP contribution < -0.4 is 0 Å². The molecule has 0 N–H and O–H groups in total. The Bertz CT molecular complexity index is 232. The molecule has 3 fully saturated rings. The molecule has 86 valence electrons. The standard InChI is InChI=1S/C12H22N2O/c1-13-5-2-12(10-13)3-6-14(7-4-12)11-8-15-9-11/h11H,2-10H2,1H3. The molecule has 0 radical (unpaired) electrons. The fourth-order valence-corrected chi connectivity index (χ4v) is 3.36. The zero-order valence-corrected chi connectivity index (χ0v) is 9.74. The average Bonchev–Trinajstić information content (AvgIpc) is 2.50. The van der Waals surface area contributed by atoms with Crippen molar-refractivity contribution in [1.29, 1.82) is 0 Å². The molecule has 3 heteroatoms. The van der Waals surface area contributed by atoms with E-state index in [-0.39, 0.29) is 0 Å². The summed E-state index contributed by atoms with van der Waals surface area (Å²) in [5.41, 5.74) is 0.676. The molecule has 0 aliphatic carbocycles. The van der Waals surface area contributed by atoms with E-state index in [2.05, 4.69) is 16.8 Å². The predicted octanol–water partition coefficient (Wildman–Crippen LogP) is 0.803. The second-order valence-electron chi connectivity index (χ2n) is 5.72. The summed E-state index contributed by atoms with van der Waals surface area (Å²) >= 11 is 0. The van der Waals surface area contributed by atoms with Crippen molar-refractivity contribution in [2.45, 2.75) is 25.3 Å². The number of rotatable bonds is 1.